The Bertz CT molecular complexity index is 263. The molecule has 0 aliphatic rings. The van der Waals surface area contributed by atoms with Gasteiger partial charge in [-0.3, -0.25) is 0 Å². The van der Waals surface area contributed by atoms with Crippen molar-refractivity contribution in [2.75, 3.05) is 0 Å². The Balaban J connectivity index is 2.68. The highest BCUT2D eigenvalue weighted by molar-refractivity contribution is 4.84. The van der Waals surface area contributed by atoms with Gasteiger partial charge in [0.1, 0.15) is 0 Å². The molecule has 1 unspecified atom stereocenters. The Kier molecular flexibility index (Phi) is 2.46. The summed E-state index contributed by atoms with van der Waals surface area (Å²) in [6, 6.07) is 0. The number of nitrogens with one attached hydrogen (secondary N) is 1. The fraction of sp³-hybridized carbons (Fsp3) is 0.714. The minimum atomic E-state index is -0.469. The second kappa shape index (κ2) is 3.37. The van der Waals surface area contributed by atoms with Crippen molar-refractivity contribution in [1.29, 1.82) is 0 Å². The third-order valence-corrected chi connectivity index (χ3v) is 1.60. The highest BCUT2D eigenvalue weighted by Gasteiger charge is 2.09. The van der Waals surface area contributed by atoms with E-state index in [0.717, 1.165) is 12.8 Å². The predicted octanol–water partition coefficient (Wildman–Crippen LogP) is 1.27. The molecule has 0 aromatic carbocycles. The monoisotopic (exact) mass is 156 g/mol. The maximum Gasteiger partial charge on any atom is 0.434 e. The first-order valence-electron chi connectivity index (χ1n) is 3.79. The van der Waals surface area contributed by atoms with Gasteiger partial charge in [0, 0.05) is 5.92 Å². The van der Waals surface area contributed by atoms with Crippen molar-refractivity contribution < 1.29 is 4.42 Å². The van der Waals surface area contributed by atoms with E-state index in [1.165, 1.54) is 0 Å². The van der Waals surface area contributed by atoms with Crippen LogP contribution in [0, 0.1) is 0 Å². The molecule has 0 aliphatic heterocycles. The number of hydrogen-bond acceptors (Lipinski definition) is 3. The van der Waals surface area contributed by atoms with Gasteiger partial charge >= 0.3 is 5.76 Å². The van der Waals surface area contributed by atoms with Gasteiger partial charge in [0.25, 0.3) is 0 Å². The number of nitrogens with zero attached hydrogens (tertiary/aromatic N) is 1. The number of rotatable bonds is 3. The van der Waals surface area contributed by atoms with Gasteiger partial charge in [0.15, 0.2) is 0 Å². The first-order valence-corrected chi connectivity index (χ1v) is 3.79. The number of hydrogen-bond donors (Lipinski definition) is 1. The standard InChI is InChI=1S/C7H12N2O2/c1-3-4-5(2)6-8-9-7(10)11-6/h5H,3-4H2,1-2H3,(H,9,10). The van der Waals surface area contributed by atoms with Gasteiger partial charge < -0.3 is 4.42 Å². The van der Waals surface area contributed by atoms with E-state index in [1.807, 2.05) is 6.92 Å². The molecular weight excluding hydrogens is 144 g/mol. The number of aromatic amines is 1. The van der Waals surface area contributed by atoms with Gasteiger partial charge in [-0.05, 0) is 6.42 Å². The van der Waals surface area contributed by atoms with E-state index in [2.05, 4.69) is 17.1 Å². The minimum Gasteiger partial charge on any atom is -0.392 e. The van der Waals surface area contributed by atoms with Crippen LogP contribution in [0.2, 0.25) is 0 Å². The van der Waals surface area contributed by atoms with Crippen LogP contribution in [0.5, 0.6) is 0 Å². The van der Waals surface area contributed by atoms with Gasteiger partial charge in [-0.2, -0.15) is 0 Å². The fourth-order valence-corrected chi connectivity index (χ4v) is 1.01. The van der Waals surface area contributed by atoms with E-state index in [0.29, 0.717) is 5.89 Å². The van der Waals surface area contributed by atoms with Gasteiger partial charge in [-0.15, -0.1) is 5.10 Å². The van der Waals surface area contributed by atoms with Gasteiger partial charge in [0.05, 0.1) is 0 Å². The second-order valence-electron chi connectivity index (χ2n) is 2.64. The molecule has 11 heavy (non-hydrogen) atoms. The molecule has 1 rings (SSSR count). The first kappa shape index (κ1) is 8.04. The lowest BCUT2D eigenvalue weighted by molar-refractivity contribution is 0.421. The second-order valence-corrected chi connectivity index (χ2v) is 2.64. The summed E-state index contributed by atoms with van der Waals surface area (Å²) in [7, 11) is 0. The van der Waals surface area contributed by atoms with Crippen LogP contribution in [-0.4, -0.2) is 10.2 Å². The summed E-state index contributed by atoms with van der Waals surface area (Å²) in [5.74, 6) is 0.277. The zero-order valence-corrected chi connectivity index (χ0v) is 6.76. The molecule has 4 heteroatoms. The Morgan fingerprint density at radius 1 is 1.73 bits per heavy atom. The van der Waals surface area contributed by atoms with Crippen molar-refractivity contribution in [2.45, 2.75) is 32.6 Å². The molecule has 0 fully saturated rings. The predicted molar refractivity (Wildman–Crippen MR) is 40.4 cm³/mol. The van der Waals surface area contributed by atoms with Crippen molar-refractivity contribution in [3.8, 4) is 0 Å². The molecule has 1 aromatic heterocycles. The largest absolute Gasteiger partial charge is 0.434 e. The summed E-state index contributed by atoms with van der Waals surface area (Å²) in [4.78, 5) is 10.5. The van der Waals surface area contributed by atoms with E-state index >= 15 is 0 Å². The fourth-order valence-electron chi connectivity index (χ4n) is 1.01. The van der Waals surface area contributed by atoms with Crippen LogP contribution in [0.25, 0.3) is 0 Å². The van der Waals surface area contributed by atoms with E-state index in [-0.39, 0.29) is 5.92 Å². The summed E-state index contributed by atoms with van der Waals surface area (Å²) < 4.78 is 4.78. The molecule has 1 aromatic rings. The maximum atomic E-state index is 10.5. The van der Waals surface area contributed by atoms with Crippen molar-refractivity contribution >= 4 is 0 Å². The zero-order chi connectivity index (χ0) is 8.27. The third-order valence-electron chi connectivity index (χ3n) is 1.60. The number of aromatic nitrogens is 2. The summed E-state index contributed by atoms with van der Waals surface area (Å²) in [6.07, 6.45) is 2.06. The van der Waals surface area contributed by atoms with Crippen LogP contribution >= 0.6 is 0 Å². The molecular formula is C7H12N2O2. The smallest absolute Gasteiger partial charge is 0.392 e. The molecule has 0 amide bonds. The lowest BCUT2D eigenvalue weighted by Crippen LogP contribution is -1.94. The van der Waals surface area contributed by atoms with Crippen molar-refractivity contribution in [3.63, 3.8) is 0 Å². The molecule has 0 radical (unpaired) electrons. The van der Waals surface area contributed by atoms with Crippen LogP contribution in [0.1, 0.15) is 38.5 Å². The van der Waals surface area contributed by atoms with E-state index in [9.17, 15) is 4.79 Å². The van der Waals surface area contributed by atoms with Crippen molar-refractivity contribution in [2.24, 2.45) is 0 Å². The molecule has 0 saturated carbocycles. The lowest BCUT2D eigenvalue weighted by Gasteiger charge is -2.01. The van der Waals surface area contributed by atoms with Crippen molar-refractivity contribution in [3.05, 3.63) is 16.4 Å². The zero-order valence-electron chi connectivity index (χ0n) is 6.76. The lowest BCUT2D eigenvalue weighted by atomic mass is 10.1. The van der Waals surface area contributed by atoms with Crippen LogP contribution in [-0.2, 0) is 0 Å². The quantitative estimate of drug-likeness (QED) is 0.716. The Morgan fingerprint density at radius 2 is 2.45 bits per heavy atom. The van der Waals surface area contributed by atoms with Crippen molar-refractivity contribution in [1.82, 2.24) is 10.2 Å². The Hall–Kier alpha value is -1.06. The van der Waals surface area contributed by atoms with Gasteiger partial charge in [-0.1, -0.05) is 20.3 Å². The van der Waals surface area contributed by atoms with E-state index < -0.39 is 5.76 Å². The Labute approximate surface area is 64.6 Å². The average molecular weight is 156 g/mol. The number of H-pyrrole nitrogens is 1. The summed E-state index contributed by atoms with van der Waals surface area (Å²) in [6.45, 7) is 4.07. The molecule has 1 heterocycles. The SMILES string of the molecule is CCCC(C)c1n[nH]c(=O)o1. The van der Waals surface area contributed by atoms with Gasteiger partial charge in [-0.25, -0.2) is 9.89 Å². The van der Waals surface area contributed by atoms with Crippen LogP contribution in [0.3, 0.4) is 0 Å². The summed E-state index contributed by atoms with van der Waals surface area (Å²) in [5.41, 5.74) is 0. The Morgan fingerprint density at radius 3 is 2.91 bits per heavy atom. The molecule has 1 N–H and O–H groups in total. The minimum absolute atomic E-state index is 0.235. The van der Waals surface area contributed by atoms with Crippen LogP contribution in [0.15, 0.2) is 9.21 Å². The topological polar surface area (TPSA) is 58.9 Å². The summed E-state index contributed by atoms with van der Waals surface area (Å²) in [5, 5.41) is 5.97. The normalized spacial score (nSPS) is 13.3. The van der Waals surface area contributed by atoms with Gasteiger partial charge in [0.2, 0.25) is 5.89 Å². The highest BCUT2D eigenvalue weighted by atomic mass is 16.4. The maximum absolute atomic E-state index is 10.5. The molecule has 0 bridgehead atoms. The van der Waals surface area contributed by atoms with E-state index in [4.69, 9.17) is 4.42 Å². The molecule has 0 spiro atoms. The molecule has 0 aliphatic carbocycles. The van der Waals surface area contributed by atoms with Crippen LogP contribution < -0.4 is 5.76 Å². The van der Waals surface area contributed by atoms with Crippen LogP contribution in [0.4, 0.5) is 0 Å². The highest BCUT2D eigenvalue weighted by Crippen LogP contribution is 2.15. The summed E-state index contributed by atoms with van der Waals surface area (Å²) >= 11 is 0. The third kappa shape index (κ3) is 1.93. The molecule has 4 nitrogen and oxygen atoms in total. The molecule has 1 atom stereocenters. The van der Waals surface area contributed by atoms with E-state index in [1.54, 1.807) is 0 Å². The average Bonchev–Trinajstić information content (AvgIpc) is 2.36. The molecule has 62 valence electrons. The first-order chi connectivity index (χ1) is 5.24. The molecule has 0 saturated heterocycles.